The third kappa shape index (κ3) is 4.90. The van der Waals surface area contributed by atoms with Gasteiger partial charge in [0.25, 0.3) is 0 Å². The lowest BCUT2D eigenvalue weighted by Gasteiger charge is -2.11. The van der Waals surface area contributed by atoms with Gasteiger partial charge in [-0.3, -0.25) is 0 Å². The zero-order chi connectivity index (χ0) is 33.9. The molecule has 0 N–H and O–H groups in total. The lowest BCUT2D eigenvalue weighted by Crippen LogP contribution is -2.00. The average Bonchev–Trinajstić information content (AvgIpc) is 3.74. The summed E-state index contributed by atoms with van der Waals surface area (Å²) in [5.74, 6) is 1.94. The van der Waals surface area contributed by atoms with Crippen LogP contribution in [0, 0.1) is 6.92 Å². The van der Waals surface area contributed by atoms with Crippen molar-refractivity contribution in [2.45, 2.75) is 6.92 Å². The maximum absolute atomic E-state index is 6.43. The molecule has 0 aliphatic heterocycles. The van der Waals surface area contributed by atoms with Gasteiger partial charge in [-0.05, 0) is 61.0 Å². The molecule has 0 radical (unpaired) electrons. The molecule has 5 heteroatoms. The lowest BCUT2D eigenvalue weighted by atomic mass is 10.0. The maximum Gasteiger partial charge on any atom is 0.164 e. The van der Waals surface area contributed by atoms with Gasteiger partial charge in [-0.25, -0.2) is 15.0 Å². The fourth-order valence-corrected chi connectivity index (χ4v) is 7.28. The summed E-state index contributed by atoms with van der Waals surface area (Å²) in [5.41, 5.74) is 11.3. The van der Waals surface area contributed by atoms with Gasteiger partial charge in [0.2, 0.25) is 0 Å². The molecule has 3 heterocycles. The summed E-state index contributed by atoms with van der Waals surface area (Å²) in [7, 11) is 0. The van der Waals surface area contributed by atoms with Crippen molar-refractivity contribution in [1.82, 2.24) is 19.5 Å². The molecule has 0 spiro atoms. The van der Waals surface area contributed by atoms with Crippen LogP contribution in [-0.4, -0.2) is 19.5 Å². The molecule has 0 aliphatic carbocycles. The van der Waals surface area contributed by atoms with Gasteiger partial charge in [-0.2, -0.15) is 0 Å². The van der Waals surface area contributed by atoms with E-state index in [-0.39, 0.29) is 0 Å². The Morgan fingerprint density at radius 3 is 1.84 bits per heavy atom. The number of aryl methyl sites for hydroxylation is 1. The van der Waals surface area contributed by atoms with E-state index < -0.39 is 0 Å². The summed E-state index contributed by atoms with van der Waals surface area (Å²) in [6.07, 6.45) is 0. The first-order valence-corrected chi connectivity index (χ1v) is 17.1. The number of benzene rings is 7. The number of hydrogen-bond donors (Lipinski definition) is 0. The van der Waals surface area contributed by atoms with Crippen molar-refractivity contribution in [2.75, 3.05) is 0 Å². The first-order chi connectivity index (χ1) is 25.2. The van der Waals surface area contributed by atoms with Crippen molar-refractivity contribution in [3.8, 4) is 51.0 Å². The Hall–Kier alpha value is -6.85. The normalized spacial score (nSPS) is 11.6. The number of para-hydroxylation sites is 3. The Kier molecular flexibility index (Phi) is 6.64. The summed E-state index contributed by atoms with van der Waals surface area (Å²) in [5, 5.41) is 4.66. The van der Waals surface area contributed by atoms with Gasteiger partial charge >= 0.3 is 0 Å². The molecule has 0 amide bonds. The number of rotatable bonds is 5. The largest absolute Gasteiger partial charge is 0.455 e. The molecule has 7 aromatic carbocycles. The van der Waals surface area contributed by atoms with Crippen LogP contribution >= 0.6 is 0 Å². The molecule has 10 aromatic rings. The smallest absolute Gasteiger partial charge is 0.164 e. The predicted octanol–water partition coefficient (Wildman–Crippen LogP) is 11.8. The Morgan fingerprint density at radius 2 is 1.04 bits per heavy atom. The van der Waals surface area contributed by atoms with E-state index >= 15 is 0 Å². The predicted molar refractivity (Wildman–Crippen MR) is 208 cm³/mol. The minimum absolute atomic E-state index is 0.635. The molecule has 0 saturated carbocycles. The number of hydrogen-bond acceptors (Lipinski definition) is 4. The van der Waals surface area contributed by atoms with Crippen LogP contribution in [0.5, 0.6) is 0 Å². The van der Waals surface area contributed by atoms with Crippen molar-refractivity contribution in [3.63, 3.8) is 0 Å². The van der Waals surface area contributed by atoms with Crippen LogP contribution in [0.25, 0.3) is 94.7 Å². The number of nitrogens with zero attached hydrogens (tertiary/aromatic N) is 4. The van der Waals surface area contributed by atoms with Crippen LogP contribution < -0.4 is 0 Å². The maximum atomic E-state index is 6.43. The van der Waals surface area contributed by atoms with Crippen LogP contribution in [0.4, 0.5) is 0 Å². The number of aromatic nitrogens is 4. The quantitative estimate of drug-likeness (QED) is 0.185. The van der Waals surface area contributed by atoms with Gasteiger partial charge in [0.1, 0.15) is 11.2 Å². The van der Waals surface area contributed by atoms with Crippen LogP contribution in [0.2, 0.25) is 0 Å². The van der Waals surface area contributed by atoms with Crippen molar-refractivity contribution in [3.05, 3.63) is 169 Å². The zero-order valence-corrected chi connectivity index (χ0v) is 27.8. The first-order valence-electron chi connectivity index (χ1n) is 17.1. The van der Waals surface area contributed by atoms with Gasteiger partial charge < -0.3 is 8.98 Å². The topological polar surface area (TPSA) is 56.7 Å². The summed E-state index contributed by atoms with van der Waals surface area (Å²) in [6.45, 7) is 2.08. The van der Waals surface area contributed by atoms with Gasteiger partial charge in [-0.15, -0.1) is 0 Å². The van der Waals surface area contributed by atoms with Crippen LogP contribution in [-0.2, 0) is 0 Å². The molecule has 0 fully saturated rings. The summed E-state index contributed by atoms with van der Waals surface area (Å²) < 4.78 is 8.78. The third-order valence-corrected chi connectivity index (χ3v) is 9.72. The molecule has 0 saturated heterocycles. The fourth-order valence-electron chi connectivity index (χ4n) is 7.28. The molecule has 10 rings (SSSR count). The van der Waals surface area contributed by atoms with Crippen LogP contribution in [0.3, 0.4) is 0 Å². The van der Waals surface area contributed by atoms with E-state index in [1.54, 1.807) is 0 Å². The van der Waals surface area contributed by atoms with Crippen LogP contribution in [0.1, 0.15) is 5.56 Å². The molecule has 0 unspecified atom stereocenters. The van der Waals surface area contributed by atoms with E-state index in [0.29, 0.717) is 17.5 Å². The second-order valence-corrected chi connectivity index (χ2v) is 13.0. The summed E-state index contributed by atoms with van der Waals surface area (Å²) in [6, 6.07) is 56.9. The Bertz CT molecular complexity index is 2920. The van der Waals surface area contributed by atoms with Crippen molar-refractivity contribution < 1.29 is 4.42 Å². The third-order valence-electron chi connectivity index (χ3n) is 9.72. The van der Waals surface area contributed by atoms with Gasteiger partial charge in [-0.1, -0.05) is 121 Å². The SMILES string of the molecule is Cc1cccc(-c2nc(-c3ccccc3)nc(-c3ccc(-n4c5ccccc5c5ccc(-c6cccc7c6oc6ccccc67)cc54)cc3)n2)c1. The highest BCUT2D eigenvalue weighted by molar-refractivity contribution is 6.12. The molecular formula is C46H30N4O. The highest BCUT2D eigenvalue weighted by Gasteiger charge is 2.17. The van der Waals surface area contributed by atoms with E-state index in [2.05, 4.69) is 127 Å². The molecule has 240 valence electrons. The average molecular weight is 655 g/mol. The van der Waals surface area contributed by atoms with E-state index in [1.165, 1.54) is 10.8 Å². The molecule has 0 aliphatic rings. The Balaban J connectivity index is 1.12. The standard InChI is InChI=1S/C46H30N4O/c1-29-11-9-14-33(27-29)46-48-44(30-12-3-2-4-13-30)47-45(49-46)31-21-24-34(25-22-31)50-40-19-7-5-15-36(40)37-26-23-32(28-41(37)50)35-17-10-18-39-38-16-6-8-20-42(38)51-43(35)39/h2-28H,1H3. The van der Waals surface area contributed by atoms with E-state index in [4.69, 9.17) is 19.4 Å². The first kappa shape index (κ1) is 29.1. The second-order valence-electron chi connectivity index (χ2n) is 13.0. The highest BCUT2D eigenvalue weighted by Crippen LogP contribution is 2.39. The Labute approximate surface area is 294 Å². The monoisotopic (exact) mass is 654 g/mol. The number of furan rings is 1. The van der Waals surface area contributed by atoms with Gasteiger partial charge in [0.15, 0.2) is 17.5 Å². The van der Waals surface area contributed by atoms with E-state index in [1.807, 2.05) is 48.5 Å². The fraction of sp³-hybridized carbons (Fsp3) is 0.0217. The number of fused-ring (bicyclic) bond motifs is 6. The second kappa shape index (κ2) is 11.6. The zero-order valence-electron chi connectivity index (χ0n) is 27.8. The highest BCUT2D eigenvalue weighted by atomic mass is 16.3. The molecule has 3 aromatic heterocycles. The van der Waals surface area contributed by atoms with Gasteiger partial charge in [0, 0.05) is 49.5 Å². The minimum Gasteiger partial charge on any atom is -0.455 e. The summed E-state index contributed by atoms with van der Waals surface area (Å²) in [4.78, 5) is 14.8. The molecule has 0 atom stereocenters. The minimum atomic E-state index is 0.635. The Morgan fingerprint density at radius 1 is 0.431 bits per heavy atom. The molecular weight excluding hydrogens is 625 g/mol. The van der Waals surface area contributed by atoms with Crippen molar-refractivity contribution >= 4 is 43.7 Å². The molecule has 5 nitrogen and oxygen atoms in total. The summed E-state index contributed by atoms with van der Waals surface area (Å²) >= 11 is 0. The van der Waals surface area contributed by atoms with Gasteiger partial charge in [0.05, 0.1) is 11.0 Å². The molecule has 0 bridgehead atoms. The molecule has 51 heavy (non-hydrogen) atoms. The van der Waals surface area contributed by atoms with Crippen LogP contribution in [0.15, 0.2) is 168 Å². The van der Waals surface area contributed by atoms with E-state index in [0.717, 1.165) is 72.0 Å². The van der Waals surface area contributed by atoms with Crippen molar-refractivity contribution in [2.24, 2.45) is 0 Å². The van der Waals surface area contributed by atoms with Crippen molar-refractivity contribution in [1.29, 1.82) is 0 Å². The van der Waals surface area contributed by atoms with E-state index in [9.17, 15) is 0 Å². The lowest BCUT2D eigenvalue weighted by molar-refractivity contribution is 0.670.